The Morgan fingerprint density at radius 2 is 2.18 bits per heavy atom. The summed E-state index contributed by atoms with van der Waals surface area (Å²) in [7, 11) is 0. The highest BCUT2D eigenvalue weighted by atomic mass is 79.9. The number of hydrogen-bond donors (Lipinski definition) is 3. The number of H-pyrrole nitrogens is 1. The summed E-state index contributed by atoms with van der Waals surface area (Å²) in [6.45, 7) is -0.00711. The molecule has 94 valence electrons. The minimum Gasteiger partial charge on any atom is -0.396 e. The Morgan fingerprint density at radius 1 is 1.47 bits per heavy atom. The first-order chi connectivity index (χ1) is 8.02. The fourth-order valence-corrected chi connectivity index (χ4v) is 2.57. The van der Waals surface area contributed by atoms with Gasteiger partial charge in [-0.3, -0.25) is 14.3 Å². The van der Waals surface area contributed by atoms with Crippen LogP contribution in [0.5, 0.6) is 0 Å². The van der Waals surface area contributed by atoms with Gasteiger partial charge in [0.25, 0.3) is 5.56 Å². The van der Waals surface area contributed by atoms with Gasteiger partial charge in [-0.05, 0) is 34.7 Å². The number of aliphatic hydroxyl groups excluding tert-OH is 2. The van der Waals surface area contributed by atoms with Crippen LogP contribution in [0.2, 0.25) is 0 Å². The van der Waals surface area contributed by atoms with Gasteiger partial charge in [0, 0.05) is 12.8 Å². The molecule has 1 aliphatic rings. The zero-order valence-electron chi connectivity index (χ0n) is 8.97. The van der Waals surface area contributed by atoms with Crippen molar-refractivity contribution in [2.75, 3.05) is 6.61 Å². The average molecular weight is 305 g/mol. The van der Waals surface area contributed by atoms with Gasteiger partial charge in [-0.25, -0.2) is 4.79 Å². The molecule has 0 amide bonds. The first-order valence-corrected chi connectivity index (χ1v) is 6.12. The molecule has 1 aliphatic carbocycles. The maximum atomic E-state index is 11.6. The molecule has 0 aliphatic heterocycles. The lowest BCUT2D eigenvalue weighted by molar-refractivity contribution is 0.129. The first kappa shape index (κ1) is 12.5. The summed E-state index contributed by atoms with van der Waals surface area (Å²) in [4.78, 5) is 25.0. The summed E-state index contributed by atoms with van der Waals surface area (Å²) in [6, 6.07) is -0.396. The molecule has 2 rings (SSSR count). The van der Waals surface area contributed by atoms with Gasteiger partial charge >= 0.3 is 5.69 Å². The van der Waals surface area contributed by atoms with Crippen molar-refractivity contribution in [2.45, 2.75) is 25.0 Å². The number of aromatic nitrogens is 2. The Morgan fingerprint density at radius 3 is 2.76 bits per heavy atom. The number of nitrogens with zero attached hydrogens (tertiary/aromatic N) is 1. The van der Waals surface area contributed by atoms with E-state index in [0.29, 0.717) is 12.8 Å². The molecule has 1 heterocycles. The minimum absolute atomic E-state index is 0.00685. The van der Waals surface area contributed by atoms with Gasteiger partial charge in [-0.15, -0.1) is 0 Å². The zero-order valence-corrected chi connectivity index (χ0v) is 10.6. The summed E-state index contributed by atoms with van der Waals surface area (Å²) < 4.78 is 1.56. The zero-order chi connectivity index (χ0) is 12.6. The van der Waals surface area contributed by atoms with Crippen LogP contribution in [0.15, 0.2) is 20.3 Å². The normalized spacial score (nSPS) is 28.5. The number of nitrogens with one attached hydrogen (secondary N) is 1. The van der Waals surface area contributed by atoms with Crippen molar-refractivity contribution in [3.05, 3.63) is 31.5 Å². The molecule has 3 atom stereocenters. The molecule has 1 aromatic heterocycles. The van der Waals surface area contributed by atoms with E-state index < -0.39 is 23.4 Å². The SMILES string of the molecule is O=c1[nH]c(=O)n([C@H]2C[C@@H](CO)C[C@@H]2O)cc1Br. The Labute approximate surface area is 105 Å². The van der Waals surface area contributed by atoms with Crippen molar-refractivity contribution in [3.63, 3.8) is 0 Å². The van der Waals surface area contributed by atoms with Crippen molar-refractivity contribution in [1.82, 2.24) is 9.55 Å². The lowest BCUT2D eigenvalue weighted by atomic mass is 10.1. The van der Waals surface area contributed by atoms with E-state index in [9.17, 15) is 14.7 Å². The molecule has 0 saturated heterocycles. The summed E-state index contributed by atoms with van der Waals surface area (Å²) in [5.41, 5.74) is -1.03. The number of rotatable bonds is 2. The average Bonchev–Trinajstić information content (AvgIpc) is 2.65. The van der Waals surface area contributed by atoms with Crippen molar-refractivity contribution in [1.29, 1.82) is 0 Å². The van der Waals surface area contributed by atoms with Crippen LogP contribution < -0.4 is 11.2 Å². The summed E-state index contributed by atoms with van der Waals surface area (Å²) >= 11 is 3.04. The summed E-state index contributed by atoms with van der Waals surface area (Å²) in [6.07, 6.45) is 1.69. The van der Waals surface area contributed by atoms with Crippen LogP contribution >= 0.6 is 15.9 Å². The minimum atomic E-state index is -0.678. The van der Waals surface area contributed by atoms with Gasteiger partial charge in [-0.2, -0.15) is 0 Å². The molecule has 1 fully saturated rings. The third kappa shape index (κ3) is 2.36. The second kappa shape index (κ2) is 4.75. The lowest BCUT2D eigenvalue weighted by Crippen LogP contribution is -2.35. The monoisotopic (exact) mass is 304 g/mol. The van der Waals surface area contributed by atoms with Crippen LogP contribution in [-0.4, -0.2) is 32.5 Å². The van der Waals surface area contributed by atoms with Crippen LogP contribution in [0, 0.1) is 5.92 Å². The first-order valence-electron chi connectivity index (χ1n) is 5.32. The van der Waals surface area contributed by atoms with Crippen molar-refractivity contribution in [3.8, 4) is 0 Å². The van der Waals surface area contributed by atoms with Gasteiger partial charge < -0.3 is 10.2 Å². The summed E-state index contributed by atoms with van der Waals surface area (Å²) in [5.74, 6) is -0.00685. The van der Waals surface area contributed by atoms with Crippen LogP contribution in [0.4, 0.5) is 0 Å². The van der Waals surface area contributed by atoms with Crippen molar-refractivity contribution in [2.24, 2.45) is 5.92 Å². The van der Waals surface area contributed by atoms with Crippen LogP contribution in [0.25, 0.3) is 0 Å². The van der Waals surface area contributed by atoms with Crippen LogP contribution in [-0.2, 0) is 0 Å². The number of aliphatic hydroxyl groups is 2. The molecule has 0 spiro atoms. The van der Waals surface area contributed by atoms with Crippen molar-refractivity contribution >= 4 is 15.9 Å². The second-order valence-electron chi connectivity index (χ2n) is 4.30. The molecule has 0 bridgehead atoms. The maximum Gasteiger partial charge on any atom is 0.328 e. The topological polar surface area (TPSA) is 95.3 Å². The van der Waals surface area contributed by atoms with Gasteiger partial charge in [0.2, 0.25) is 0 Å². The highest BCUT2D eigenvalue weighted by Crippen LogP contribution is 2.33. The van der Waals surface area contributed by atoms with Gasteiger partial charge in [0.15, 0.2) is 0 Å². The largest absolute Gasteiger partial charge is 0.396 e. The van der Waals surface area contributed by atoms with Crippen LogP contribution in [0.1, 0.15) is 18.9 Å². The van der Waals surface area contributed by atoms with E-state index in [2.05, 4.69) is 20.9 Å². The Kier molecular flexibility index (Phi) is 3.50. The molecule has 17 heavy (non-hydrogen) atoms. The number of hydrogen-bond acceptors (Lipinski definition) is 4. The quantitative estimate of drug-likeness (QED) is 0.693. The molecular formula is C10H13BrN2O4. The summed E-state index contributed by atoms with van der Waals surface area (Å²) in [5, 5.41) is 18.9. The van der Waals surface area contributed by atoms with E-state index in [1.54, 1.807) is 0 Å². The predicted molar refractivity (Wildman–Crippen MR) is 63.9 cm³/mol. The third-order valence-corrected chi connectivity index (χ3v) is 3.70. The Bertz CT molecular complexity index is 524. The fourth-order valence-electron chi connectivity index (χ4n) is 2.25. The molecule has 1 saturated carbocycles. The molecule has 3 N–H and O–H groups in total. The Balaban J connectivity index is 2.38. The highest BCUT2D eigenvalue weighted by Gasteiger charge is 2.34. The highest BCUT2D eigenvalue weighted by molar-refractivity contribution is 9.10. The fraction of sp³-hybridized carbons (Fsp3) is 0.600. The molecule has 0 unspecified atom stereocenters. The molecule has 6 nitrogen and oxygen atoms in total. The smallest absolute Gasteiger partial charge is 0.328 e. The maximum absolute atomic E-state index is 11.6. The number of halogens is 1. The Hall–Kier alpha value is -0.920. The second-order valence-corrected chi connectivity index (χ2v) is 5.15. The van der Waals surface area contributed by atoms with Gasteiger partial charge in [0.1, 0.15) is 0 Å². The van der Waals surface area contributed by atoms with Crippen molar-refractivity contribution < 1.29 is 10.2 Å². The van der Waals surface area contributed by atoms with E-state index in [1.807, 2.05) is 0 Å². The standard InChI is InChI=1S/C10H13BrN2O4/c11-6-3-13(10(17)12-9(6)16)7-1-5(4-14)2-8(7)15/h3,5,7-8,14-15H,1-2,4H2,(H,12,16,17)/t5-,7+,8+/m1/s1. The molecule has 1 aromatic rings. The van der Waals surface area contributed by atoms with Gasteiger partial charge in [-0.1, -0.05) is 0 Å². The molecular weight excluding hydrogens is 292 g/mol. The predicted octanol–water partition coefficient (Wildman–Crippen LogP) is -0.397. The van der Waals surface area contributed by atoms with E-state index in [-0.39, 0.29) is 17.0 Å². The number of aromatic amines is 1. The molecule has 0 aromatic carbocycles. The van der Waals surface area contributed by atoms with E-state index in [4.69, 9.17) is 5.11 Å². The molecule has 7 heteroatoms. The molecule has 0 radical (unpaired) electrons. The van der Waals surface area contributed by atoms with E-state index in [0.717, 1.165) is 0 Å². The third-order valence-electron chi connectivity index (χ3n) is 3.13. The van der Waals surface area contributed by atoms with Crippen LogP contribution in [0.3, 0.4) is 0 Å². The van der Waals surface area contributed by atoms with E-state index in [1.165, 1.54) is 10.8 Å². The lowest BCUT2D eigenvalue weighted by Gasteiger charge is -2.17. The van der Waals surface area contributed by atoms with Gasteiger partial charge in [0.05, 0.1) is 16.6 Å². The van der Waals surface area contributed by atoms with E-state index >= 15 is 0 Å².